The Balaban J connectivity index is 2.07. The fraction of sp³-hybridized carbons (Fsp3) is 0.533. The summed E-state index contributed by atoms with van der Waals surface area (Å²) >= 11 is 0. The molecule has 1 aromatic carbocycles. The molecule has 3 N–H and O–H groups in total. The second kappa shape index (κ2) is 7.54. The van der Waals surface area contributed by atoms with E-state index >= 15 is 0 Å². The number of rotatable bonds is 4. The van der Waals surface area contributed by atoms with Crippen molar-refractivity contribution in [1.29, 1.82) is 0 Å². The van der Waals surface area contributed by atoms with Gasteiger partial charge in [-0.1, -0.05) is 13.8 Å². The van der Waals surface area contributed by atoms with Gasteiger partial charge in [-0.3, -0.25) is 9.11 Å². The zero-order valence-corrected chi connectivity index (χ0v) is 14.4. The zero-order chi connectivity index (χ0) is 17.9. The molecule has 1 amide bonds. The van der Waals surface area contributed by atoms with Crippen molar-refractivity contribution in [1.82, 2.24) is 5.32 Å². The van der Waals surface area contributed by atoms with Gasteiger partial charge in [-0.15, -0.1) is 0 Å². The molecule has 0 spiro atoms. The standard InChI is InChI=1S/C15H22F2N2O4S/c1-10(2)9-18-15(20)23-11-7-12(16)14(13(17)8-11)19-3-5-24(21,22)6-4-19/h7-8,10,21-22H,3-6,9H2,1-2H3,(H,18,20). The van der Waals surface area contributed by atoms with E-state index in [4.69, 9.17) is 4.74 Å². The van der Waals surface area contributed by atoms with Gasteiger partial charge in [0.25, 0.3) is 0 Å². The maximum atomic E-state index is 14.2. The summed E-state index contributed by atoms with van der Waals surface area (Å²) in [6.07, 6.45) is -0.776. The third-order valence-corrected chi connectivity index (χ3v) is 5.22. The van der Waals surface area contributed by atoms with E-state index in [0.717, 1.165) is 12.1 Å². The molecule has 9 heteroatoms. The van der Waals surface area contributed by atoms with Gasteiger partial charge < -0.3 is 15.0 Å². The Labute approximate surface area is 141 Å². The molecule has 0 aliphatic carbocycles. The van der Waals surface area contributed by atoms with E-state index in [9.17, 15) is 22.7 Å². The van der Waals surface area contributed by atoms with E-state index in [-0.39, 0.29) is 42.0 Å². The third-order valence-electron chi connectivity index (χ3n) is 3.55. The first-order valence-corrected chi connectivity index (χ1v) is 9.50. The summed E-state index contributed by atoms with van der Waals surface area (Å²) < 4.78 is 52.5. The van der Waals surface area contributed by atoms with Gasteiger partial charge in [0.2, 0.25) is 0 Å². The SMILES string of the molecule is CC(C)CNC(=O)Oc1cc(F)c(N2CCS(O)(O)CC2)c(F)c1. The molecular formula is C15H22F2N2O4S. The molecule has 136 valence electrons. The monoisotopic (exact) mass is 364 g/mol. The van der Waals surface area contributed by atoms with E-state index in [1.807, 2.05) is 13.8 Å². The number of amides is 1. The predicted molar refractivity (Wildman–Crippen MR) is 90.0 cm³/mol. The van der Waals surface area contributed by atoms with Gasteiger partial charge in [0.15, 0.2) is 11.6 Å². The first kappa shape index (κ1) is 18.8. The van der Waals surface area contributed by atoms with Crippen LogP contribution in [0.25, 0.3) is 0 Å². The first-order valence-electron chi connectivity index (χ1n) is 7.61. The average molecular weight is 364 g/mol. The number of nitrogens with zero attached hydrogens (tertiary/aromatic N) is 1. The molecule has 0 bridgehead atoms. The minimum absolute atomic E-state index is 0.0712. The molecule has 1 aromatic rings. The van der Waals surface area contributed by atoms with Gasteiger partial charge in [-0.05, 0) is 5.92 Å². The normalized spacial score (nSPS) is 18.4. The predicted octanol–water partition coefficient (Wildman–Crippen LogP) is 3.28. The summed E-state index contributed by atoms with van der Waals surface area (Å²) in [5, 5.41) is 2.49. The van der Waals surface area contributed by atoms with E-state index in [1.54, 1.807) is 0 Å². The van der Waals surface area contributed by atoms with Crippen molar-refractivity contribution in [3.05, 3.63) is 23.8 Å². The maximum absolute atomic E-state index is 14.2. The summed E-state index contributed by atoms with van der Waals surface area (Å²) in [4.78, 5) is 13.0. The largest absolute Gasteiger partial charge is 0.412 e. The van der Waals surface area contributed by atoms with E-state index < -0.39 is 28.3 Å². The number of hydrogen-bond acceptors (Lipinski definition) is 5. The van der Waals surface area contributed by atoms with Crippen LogP contribution in [-0.4, -0.2) is 46.3 Å². The van der Waals surface area contributed by atoms with Gasteiger partial charge in [0.1, 0.15) is 11.4 Å². The number of carbonyl (C=O) groups excluding carboxylic acids is 1. The molecule has 1 saturated heterocycles. The molecule has 1 fully saturated rings. The Bertz CT molecular complexity index is 580. The third kappa shape index (κ3) is 4.96. The molecular weight excluding hydrogens is 342 g/mol. The Morgan fingerprint density at radius 3 is 2.33 bits per heavy atom. The Morgan fingerprint density at radius 2 is 1.83 bits per heavy atom. The van der Waals surface area contributed by atoms with Gasteiger partial charge >= 0.3 is 6.09 Å². The van der Waals surface area contributed by atoms with Crippen LogP contribution in [0.15, 0.2) is 12.1 Å². The van der Waals surface area contributed by atoms with Crippen LogP contribution in [0.2, 0.25) is 0 Å². The number of hydrogen-bond donors (Lipinski definition) is 3. The van der Waals surface area contributed by atoms with Crippen LogP contribution in [0.3, 0.4) is 0 Å². The van der Waals surface area contributed by atoms with Gasteiger partial charge in [-0.2, -0.15) is 10.6 Å². The molecule has 6 nitrogen and oxygen atoms in total. The zero-order valence-electron chi connectivity index (χ0n) is 13.6. The summed E-state index contributed by atoms with van der Waals surface area (Å²) in [5.41, 5.74) is -0.250. The number of halogens is 2. The van der Waals surface area contributed by atoms with Crippen LogP contribution < -0.4 is 15.0 Å². The number of ether oxygens (including phenoxy) is 1. The van der Waals surface area contributed by atoms with Crippen LogP contribution >= 0.6 is 10.6 Å². The summed E-state index contributed by atoms with van der Waals surface area (Å²) in [6, 6.07) is 1.89. The van der Waals surface area contributed by atoms with Crippen LogP contribution in [0.1, 0.15) is 13.8 Å². The Kier molecular flexibility index (Phi) is 5.89. The van der Waals surface area contributed by atoms with Crippen LogP contribution in [0.4, 0.5) is 19.3 Å². The maximum Gasteiger partial charge on any atom is 0.412 e. The Morgan fingerprint density at radius 1 is 1.29 bits per heavy atom. The molecule has 1 aliphatic heterocycles. The van der Waals surface area contributed by atoms with Crippen molar-refractivity contribution in [3.63, 3.8) is 0 Å². The highest BCUT2D eigenvalue weighted by atomic mass is 32.3. The summed E-state index contributed by atoms with van der Waals surface area (Å²) in [6.45, 7) is 4.49. The van der Waals surface area contributed by atoms with Crippen molar-refractivity contribution in [3.8, 4) is 5.75 Å². The lowest BCUT2D eigenvalue weighted by molar-refractivity contribution is 0.198. The Hall–Kier alpha value is -1.58. The quantitative estimate of drug-likeness (QED) is 0.764. The minimum Gasteiger partial charge on any atom is -0.410 e. The summed E-state index contributed by atoms with van der Waals surface area (Å²) in [5.74, 6) is -1.58. The number of nitrogens with one attached hydrogen (secondary N) is 1. The lowest BCUT2D eigenvalue weighted by Gasteiger charge is -2.41. The smallest absolute Gasteiger partial charge is 0.410 e. The van der Waals surface area contributed by atoms with Crippen molar-refractivity contribution < 1.29 is 27.4 Å². The highest BCUT2D eigenvalue weighted by molar-refractivity contribution is 8.24. The molecule has 1 aliphatic rings. The molecule has 0 atom stereocenters. The van der Waals surface area contributed by atoms with E-state index in [1.165, 1.54) is 4.90 Å². The van der Waals surface area contributed by atoms with Gasteiger partial charge in [0, 0.05) is 31.8 Å². The van der Waals surface area contributed by atoms with Gasteiger partial charge in [-0.25, -0.2) is 13.6 Å². The molecule has 0 unspecified atom stereocenters. The average Bonchev–Trinajstić information content (AvgIpc) is 2.46. The molecule has 0 radical (unpaired) electrons. The number of carbonyl (C=O) groups is 1. The topological polar surface area (TPSA) is 82.0 Å². The van der Waals surface area contributed by atoms with Crippen molar-refractivity contribution in [2.75, 3.05) is 36.0 Å². The lowest BCUT2D eigenvalue weighted by atomic mass is 10.2. The fourth-order valence-electron chi connectivity index (χ4n) is 2.28. The number of anilines is 1. The fourth-order valence-corrected chi connectivity index (χ4v) is 3.51. The first-order chi connectivity index (χ1) is 11.2. The molecule has 2 rings (SSSR count). The molecule has 0 saturated carbocycles. The minimum atomic E-state index is -2.65. The van der Waals surface area contributed by atoms with E-state index in [2.05, 4.69) is 5.32 Å². The summed E-state index contributed by atoms with van der Waals surface area (Å²) in [7, 11) is -2.65. The lowest BCUT2D eigenvalue weighted by Crippen LogP contribution is -2.39. The van der Waals surface area contributed by atoms with Crippen LogP contribution in [0.5, 0.6) is 5.75 Å². The highest BCUT2D eigenvalue weighted by Gasteiger charge is 2.26. The number of benzene rings is 1. The molecule has 0 aromatic heterocycles. The highest BCUT2D eigenvalue weighted by Crippen LogP contribution is 2.42. The van der Waals surface area contributed by atoms with Gasteiger partial charge in [0.05, 0.1) is 11.5 Å². The van der Waals surface area contributed by atoms with Crippen molar-refractivity contribution in [2.45, 2.75) is 13.8 Å². The van der Waals surface area contributed by atoms with Crippen LogP contribution in [0, 0.1) is 17.6 Å². The molecule has 1 heterocycles. The van der Waals surface area contributed by atoms with Crippen LogP contribution in [-0.2, 0) is 0 Å². The molecule has 24 heavy (non-hydrogen) atoms. The second-order valence-electron chi connectivity index (χ2n) is 6.10. The second-order valence-corrected chi connectivity index (χ2v) is 8.52. The van der Waals surface area contributed by atoms with E-state index in [0.29, 0.717) is 6.54 Å². The van der Waals surface area contributed by atoms with Crippen molar-refractivity contribution in [2.24, 2.45) is 5.92 Å². The van der Waals surface area contributed by atoms with Crippen molar-refractivity contribution >= 4 is 22.4 Å².